The Bertz CT molecular complexity index is 374. The molecular formula is C14H16O. The third kappa shape index (κ3) is 2.20. The Labute approximate surface area is 90.8 Å². The molecule has 15 heavy (non-hydrogen) atoms. The van der Waals surface area contributed by atoms with Crippen LogP contribution in [0.2, 0.25) is 0 Å². The number of hydrogen-bond donors (Lipinski definition) is 1. The first-order valence-electron chi connectivity index (χ1n) is 5.43. The summed E-state index contributed by atoms with van der Waals surface area (Å²) in [4.78, 5) is 0. The van der Waals surface area contributed by atoms with Crippen molar-refractivity contribution >= 4 is 0 Å². The lowest BCUT2D eigenvalue weighted by Gasteiger charge is -2.27. The standard InChI is InChI=1S/C14H16O/c1-2-11-8-9-13(10-14(11)15)12-6-4-3-5-7-12/h3-7,13-15H,1,8-10H2/t13-,14+/m0/s1. The Kier molecular flexibility index (Phi) is 3.05. The molecule has 78 valence electrons. The number of aliphatic hydroxyl groups excluding tert-OH is 1. The minimum atomic E-state index is -0.346. The van der Waals surface area contributed by atoms with Crippen molar-refractivity contribution in [2.45, 2.75) is 31.3 Å². The van der Waals surface area contributed by atoms with Gasteiger partial charge in [-0.2, -0.15) is 0 Å². The van der Waals surface area contributed by atoms with Crippen molar-refractivity contribution in [2.24, 2.45) is 0 Å². The molecule has 1 fully saturated rings. The quantitative estimate of drug-likeness (QED) is 0.691. The van der Waals surface area contributed by atoms with Crippen LogP contribution in [0.5, 0.6) is 0 Å². The van der Waals surface area contributed by atoms with E-state index in [1.54, 1.807) is 0 Å². The van der Waals surface area contributed by atoms with Crippen LogP contribution in [-0.4, -0.2) is 11.2 Å². The molecule has 1 saturated carbocycles. The fourth-order valence-electron chi connectivity index (χ4n) is 2.26. The molecular weight excluding hydrogens is 184 g/mol. The Hall–Kier alpha value is -1.30. The Morgan fingerprint density at radius 3 is 2.60 bits per heavy atom. The highest BCUT2D eigenvalue weighted by Crippen LogP contribution is 2.34. The van der Waals surface area contributed by atoms with E-state index in [0.29, 0.717) is 5.92 Å². The zero-order valence-corrected chi connectivity index (χ0v) is 8.82. The summed E-state index contributed by atoms with van der Waals surface area (Å²) in [6, 6.07) is 10.4. The first-order chi connectivity index (χ1) is 7.31. The Balaban J connectivity index is 2.13. The van der Waals surface area contributed by atoms with Crippen LogP contribution in [0.15, 0.2) is 48.2 Å². The molecule has 1 N–H and O–H groups in total. The van der Waals surface area contributed by atoms with Crippen LogP contribution in [0.1, 0.15) is 30.7 Å². The predicted molar refractivity (Wildman–Crippen MR) is 61.7 cm³/mol. The molecule has 0 heterocycles. The van der Waals surface area contributed by atoms with Gasteiger partial charge in [-0.05, 0) is 36.3 Å². The lowest BCUT2D eigenvalue weighted by atomic mass is 9.80. The van der Waals surface area contributed by atoms with E-state index in [1.165, 1.54) is 5.56 Å². The van der Waals surface area contributed by atoms with Crippen LogP contribution >= 0.6 is 0 Å². The summed E-state index contributed by atoms with van der Waals surface area (Å²) in [7, 11) is 0. The summed E-state index contributed by atoms with van der Waals surface area (Å²) in [5.41, 5.74) is 5.15. The average Bonchev–Trinajstić information content (AvgIpc) is 2.30. The maximum absolute atomic E-state index is 9.86. The lowest BCUT2D eigenvalue weighted by molar-refractivity contribution is 0.168. The van der Waals surface area contributed by atoms with E-state index in [4.69, 9.17) is 0 Å². The third-order valence-corrected chi connectivity index (χ3v) is 3.17. The fraction of sp³-hybridized carbons (Fsp3) is 0.357. The van der Waals surface area contributed by atoms with E-state index in [9.17, 15) is 5.11 Å². The van der Waals surface area contributed by atoms with E-state index >= 15 is 0 Å². The van der Waals surface area contributed by atoms with E-state index in [0.717, 1.165) is 24.8 Å². The first kappa shape index (κ1) is 10.2. The predicted octanol–water partition coefficient (Wildman–Crippen LogP) is 3.03. The first-order valence-corrected chi connectivity index (χ1v) is 5.43. The van der Waals surface area contributed by atoms with Gasteiger partial charge in [0.25, 0.3) is 0 Å². The lowest BCUT2D eigenvalue weighted by Crippen LogP contribution is -2.20. The second kappa shape index (κ2) is 4.48. The van der Waals surface area contributed by atoms with Crippen LogP contribution in [0.3, 0.4) is 0 Å². The molecule has 0 spiro atoms. The SMILES string of the molecule is C=C=C1CC[C@H](c2ccccc2)C[C@H]1O. The van der Waals surface area contributed by atoms with Gasteiger partial charge in [0.05, 0.1) is 6.10 Å². The molecule has 2 atom stereocenters. The monoisotopic (exact) mass is 200 g/mol. The molecule has 0 unspecified atom stereocenters. The number of hydrogen-bond acceptors (Lipinski definition) is 1. The number of aliphatic hydroxyl groups is 1. The third-order valence-electron chi connectivity index (χ3n) is 3.17. The van der Waals surface area contributed by atoms with E-state index in [-0.39, 0.29) is 6.10 Å². The molecule has 1 nitrogen and oxygen atoms in total. The molecule has 1 aromatic carbocycles. The van der Waals surface area contributed by atoms with Gasteiger partial charge >= 0.3 is 0 Å². The van der Waals surface area contributed by atoms with Crippen molar-refractivity contribution < 1.29 is 5.11 Å². The van der Waals surface area contributed by atoms with Gasteiger partial charge in [0.1, 0.15) is 0 Å². The molecule has 0 radical (unpaired) electrons. The van der Waals surface area contributed by atoms with Crippen LogP contribution in [0.4, 0.5) is 0 Å². The van der Waals surface area contributed by atoms with Crippen molar-refractivity contribution in [3.63, 3.8) is 0 Å². The minimum absolute atomic E-state index is 0.346. The zero-order chi connectivity index (χ0) is 10.7. The average molecular weight is 200 g/mol. The summed E-state index contributed by atoms with van der Waals surface area (Å²) >= 11 is 0. The zero-order valence-electron chi connectivity index (χ0n) is 8.82. The fourth-order valence-corrected chi connectivity index (χ4v) is 2.26. The van der Waals surface area contributed by atoms with Crippen molar-refractivity contribution in [1.29, 1.82) is 0 Å². The number of benzene rings is 1. The highest BCUT2D eigenvalue weighted by Gasteiger charge is 2.24. The molecule has 2 rings (SSSR count). The highest BCUT2D eigenvalue weighted by molar-refractivity contribution is 5.23. The van der Waals surface area contributed by atoms with Gasteiger partial charge in [0.2, 0.25) is 0 Å². The summed E-state index contributed by atoms with van der Waals surface area (Å²) in [5.74, 6) is 0.485. The maximum Gasteiger partial charge on any atom is 0.0829 e. The molecule has 1 aliphatic rings. The molecule has 0 saturated heterocycles. The van der Waals surface area contributed by atoms with E-state index in [1.807, 2.05) is 6.07 Å². The summed E-state index contributed by atoms with van der Waals surface area (Å²) in [5, 5.41) is 9.86. The second-order valence-electron chi connectivity index (χ2n) is 4.10. The number of rotatable bonds is 1. The maximum atomic E-state index is 9.86. The van der Waals surface area contributed by atoms with Crippen LogP contribution < -0.4 is 0 Å². The normalized spacial score (nSPS) is 26.1. The Morgan fingerprint density at radius 2 is 2.00 bits per heavy atom. The molecule has 1 aromatic rings. The van der Waals surface area contributed by atoms with Crippen molar-refractivity contribution in [2.75, 3.05) is 0 Å². The summed E-state index contributed by atoms with van der Waals surface area (Å²) in [6.45, 7) is 3.61. The van der Waals surface area contributed by atoms with Gasteiger partial charge in [-0.25, -0.2) is 0 Å². The van der Waals surface area contributed by atoms with Crippen LogP contribution in [0, 0.1) is 0 Å². The van der Waals surface area contributed by atoms with Crippen LogP contribution in [0.25, 0.3) is 0 Å². The molecule has 1 heteroatoms. The Morgan fingerprint density at radius 1 is 1.27 bits per heavy atom. The summed E-state index contributed by atoms with van der Waals surface area (Å²) < 4.78 is 0. The van der Waals surface area contributed by atoms with Gasteiger partial charge in [-0.15, -0.1) is 5.73 Å². The van der Waals surface area contributed by atoms with Gasteiger partial charge in [0, 0.05) is 0 Å². The van der Waals surface area contributed by atoms with Crippen molar-refractivity contribution in [3.8, 4) is 0 Å². The minimum Gasteiger partial charge on any atom is -0.388 e. The molecule has 0 aliphatic heterocycles. The van der Waals surface area contributed by atoms with E-state index < -0.39 is 0 Å². The topological polar surface area (TPSA) is 20.2 Å². The molecule has 0 aromatic heterocycles. The smallest absolute Gasteiger partial charge is 0.0829 e. The van der Waals surface area contributed by atoms with Crippen molar-refractivity contribution in [3.05, 3.63) is 53.8 Å². The van der Waals surface area contributed by atoms with Gasteiger partial charge < -0.3 is 5.11 Å². The second-order valence-corrected chi connectivity index (χ2v) is 4.10. The highest BCUT2D eigenvalue weighted by atomic mass is 16.3. The van der Waals surface area contributed by atoms with E-state index in [2.05, 4.69) is 36.6 Å². The summed E-state index contributed by atoms with van der Waals surface area (Å²) in [6.07, 6.45) is 2.48. The van der Waals surface area contributed by atoms with Crippen molar-refractivity contribution in [1.82, 2.24) is 0 Å². The van der Waals surface area contributed by atoms with Gasteiger partial charge in [-0.1, -0.05) is 36.9 Å². The molecule has 1 aliphatic carbocycles. The molecule has 0 bridgehead atoms. The molecule has 0 amide bonds. The van der Waals surface area contributed by atoms with Gasteiger partial charge in [0.15, 0.2) is 0 Å². The largest absolute Gasteiger partial charge is 0.388 e. The van der Waals surface area contributed by atoms with Gasteiger partial charge in [-0.3, -0.25) is 0 Å². The van der Waals surface area contributed by atoms with Crippen LogP contribution in [-0.2, 0) is 0 Å².